The molecule has 0 saturated carbocycles. The van der Waals surface area contributed by atoms with Crippen LogP contribution in [-0.4, -0.2) is 59.3 Å². The van der Waals surface area contributed by atoms with Crippen molar-refractivity contribution in [3.63, 3.8) is 0 Å². The number of non-ortho nitro benzene ring substituents is 1. The third kappa shape index (κ3) is 5.71. The standard InChI is InChI=1S/C22H24N6O8/c1-21(2,3)35-19(31)26(20(32)36-22(4,5)6)17-14-11-23-15(24-16(14)27(25-17)18(29)30)12-7-9-13(10-8-12)28(33)34/h7-11H,1-6H3,(H,29,30). The fourth-order valence-corrected chi connectivity index (χ4v) is 2.92. The van der Waals surface area contributed by atoms with Crippen LogP contribution in [0.5, 0.6) is 0 Å². The van der Waals surface area contributed by atoms with Crippen molar-refractivity contribution >= 4 is 40.8 Å². The number of nitro groups is 1. The molecule has 2 heterocycles. The minimum Gasteiger partial charge on any atom is -0.463 e. The SMILES string of the molecule is CC(C)(C)OC(=O)N(C(=O)OC(C)(C)C)c1nn(C(=O)O)c2nc(-c3ccc([N+](=O)[O-])cc3)ncc12. The van der Waals surface area contributed by atoms with Crippen molar-refractivity contribution in [3.8, 4) is 11.4 Å². The first kappa shape index (κ1) is 26.0. The van der Waals surface area contributed by atoms with Crippen LogP contribution in [0.2, 0.25) is 0 Å². The van der Waals surface area contributed by atoms with Crippen LogP contribution in [0.4, 0.5) is 25.9 Å². The number of aromatic nitrogens is 4. The van der Waals surface area contributed by atoms with Crippen molar-refractivity contribution in [2.45, 2.75) is 52.7 Å². The van der Waals surface area contributed by atoms with Crippen LogP contribution in [0.1, 0.15) is 41.5 Å². The quantitative estimate of drug-likeness (QED) is 0.392. The van der Waals surface area contributed by atoms with Crippen molar-refractivity contribution < 1.29 is 33.9 Å². The number of ether oxygens (including phenoxy) is 2. The molecule has 0 atom stereocenters. The Morgan fingerprint density at radius 1 is 1.00 bits per heavy atom. The number of nitro benzene ring substituents is 1. The zero-order valence-corrected chi connectivity index (χ0v) is 20.4. The van der Waals surface area contributed by atoms with Crippen LogP contribution < -0.4 is 4.90 Å². The molecule has 0 bridgehead atoms. The Balaban J connectivity index is 2.18. The summed E-state index contributed by atoms with van der Waals surface area (Å²) in [7, 11) is 0. The van der Waals surface area contributed by atoms with Crippen LogP contribution in [0.3, 0.4) is 0 Å². The van der Waals surface area contributed by atoms with Gasteiger partial charge in [-0.3, -0.25) is 10.1 Å². The average molecular weight is 500 g/mol. The topological polar surface area (TPSA) is 180 Å². The van der Waals surface area contributed by atoms with E-state index in [2.05, 4.69) is 15.1 Å². The summed E-state index contributed by atoms with van der Waals surface area (Å²) >= 11 is 0. The van der Waals surface area contributed by atoms with E-state index in [1.54, 1.807) is 41.5 Å². The van der Waals surface area contributed by atoms with Crippen LogP contribution in [0.25, 0.3) is 22.4 Å². The van der Waals surface area contributed by atoms with Gasteiger partial charge >= 0.3 is 18.3 Å². The number of carbonyl (C=O) groups is 3. The van der Waals surface area contributed by atoms with Gasteiger partial charge in [0, 0.05) is 23.9 Å². The van der Waals surface area contributed by atoms with E-state index in [0.717, 1.165) is 0 Å². The summed E-state index contributed by atoms with van der Waals surface area (Å²) < 4.78 is 11.1. The fraction of sp³-hybridized carbons (Fsp3) is 0.364. The third-order valence-electron chi connectivity index (χ3n) is 4.29. The summed E-state index contributed by atoms with van der Waals surface area (Å²) in [5.41, 5.74) is -2.02. The largest absolute Gasteiger partial charge is 0.463 e. The average Bonchev–Trinajstić information content (AvgIpc) is 3.10. The molecule has 2 aromatic heterocycles. The number of carboxylic acid groups (broad SMARTS) is 1. The molecule has 0 unspecified atom stereocenters. The molecule has 0 radical (unpaired) electrons. The fourth-order valence-electron chi connectivity index (χ4n) is 2.92. The maximum atomic E-state index is 13.0. The Morgan fingerprint density at radius 3 is 1.97 bits per heavy atom. The summed E-state index contributed by atoms with van der Waals surface area (Å²) in [6.07, 6.45) is -2.66. The highest BCUT2D eigenvalue weighted by Gasteiger charge is 2.37. The Bertz CT molecular complexity index is 1320. The molecular formula is C22H24N6O8. The van der Waals surface area contributed by atoms with Crippen LogP contribution in [0, 0.1) is 10.1 Å². The van der Waals surface area contributed by atoms with Gasteiger partial charge in [-0.25, -0.2) is 24.4 Å². The molecule has 14 heteroatoms. The summed E-state index contributed by atoms with van der Waals surface area (Å²) in [5.74, 6) is -0.376. The van der Waals surface area contributed by atoms with E-state index in [4.69, 9.17) is 9.47 Å². The first-order valence-corrected chi connectivity index (χ1v) is 10.6. The molecule has 2 amide bonds. The lowest BCUT2D eigenvalue weighted by Crippen LogP contribution is -2.44. The molecule has 190 valence electrons. The molecule has 14 nitrogen and oxygen atoms in total. The minimum atomic E-state index is -1.55. The monoisotopic (exact) mass is 500 g/mol. The van der Waals surface area contributed by atoms with E-state index in [0.29, 0.717) is 15.1 Å². The van der Waals surface area contributed by atoms with Gasteiger partial charge in [0.25, 0.3) is 5.69 Å². The van der Waals surface area contributed by atoms with Gasteiger partial charge in [0.1, 0.15) is 11.2 Å². The molecule has 1 N–H and O–H groups in total. The summed E-state index contributed by atoms with van der Waals surface area (Å²) in [6.45, 7) is 9.53. The molecule has 0 fully saturated rings. The van der Waals surface area contributed by atoms with Crippen molar-refractivity contribution in [2.75, 3.05) is 4.90 Å². The number of hydrogen-bond donors (Lipinski definition) is 1. The Kier molecular flexibility index (Phi) is 6.64. The van der Waals surface area contributed by atoms with Crippen LogP contribution in [-0.2, 0) is 9.47 Å². The number of fused-ring (bicyclic) bond motifs is 1. The van der Waals surface area contributed by atoms with Crippen molar-refractivity contribution in [1.82, 2.24) is 19.7 Å². The second-order valence-electron chi connectivity index (χ2n) is 9.55. The van der Waals surface area contributed by atoms with E-state index < -0.39 is 40.2 Å². The molecule has 36 heavy (non-hydrogen) atoms. The second kappa shape index (κ2) is 9.20. The summed E-state index contributed by atoms with van der Waals surface area (Å²) in [4.78, 5) is 57.1. The van der Waals surface area contributed by atoms with Gasteiger partial charge in [0.05, 0.1) is 10.3 Å². The van der Waals surface area contributed by atoms with Gasteiger partial charge in [0.15, 0.2) is 17.3 Å². The lowest BCUT2D eigenvalue weighted by molar-refractivity contribution is -0.384. The zero-order valence-electron chi connectivity index (χ0n) is 20.4. The number of anilines is 1. The lowest BCUT2D eigenvalue weighted by atomic mass is 10.2. The van der Waals surface area contributed by atoms with E-state index in [1.807, 2.05) is 0 Å². The highest BCUT2D eigenvalue weighted by atomic mass is 16.6. The highest BCUT2D eigenvalue weighted by molar-refractivity contribution is 6.13. The number of amides is 2. The van der Waals surface area contributed by atoms with E-state index in [9.17, 15) is 29.6 Å². The first-order chi connectivity index (χ1) is 16.6. The Hall–Kier alpha value is -4.62. The smallest absolute Gasteiger partial charge is 0.434 e. The zero-order chi connectivity index (χ0) is 27.0. The van der Waals surface area contributed by atoms with Gasteiger partial charge in [-0.2, -0.15) is 4.90 Å². The number of hydrogen-bond acceptors (Lipinski definition) is 10. The number of imide groups is 1. The Morgan fingerprint density at radius 2 is 1.53 bits per heavy atom. The second-order valence-corrected chi connectivity index (χ2v) is 9.55. The minimum absolute atomic E-state index is 0.0347. The van der Waals surface area contributed by atoms with E-state index in [-0.39, 0.29) is 22.5 Å². The summed E-state index contributed by atoms with van der Waals surface area (Å²) in [6, 6.07) is 5.29. The molecule has 3 rings (SSSR count). The lowest BCUT2D eigenvalue weighted by Gasteiger charge is -2.27. The van der Waals surface area contributed by atoms with Crippen LogP contribution >= 0.6 is 0 Å². The third-order valence-corrected chi connectivity index (χ3v) is 4.29. The number of nitrogens with zero attached hydrogens (tertiary/aromatic N) is 6. The Labute approximate surface area is 204 Å². The predicted molar refractivity (Wildman–Crippen MR) is 126 cm³/mol. The number of benzene rings is 1. The van der Waals surface area contributed by atoms with Gasteiger partial charge in [-0.1, -0.05) is 0 Å². The molecule has 0 aliphatic heterocycles. The molecule has 1 aromatic carbocycles. The maximum Gasteiger partial charge on any atom is 0.434 e. The van der Waals surface area contributed by atoms with E-state index in [1.165, 1.54) is 30.5 Å². The van der Waals surface area contributed by atoms with Crippen LogP contribution in [0.15, 0.2) is 30.5 Å². The number of carbonyl (C=O) groups excluding carboxylic acids is 2. The van der Waals surface area contributed by atoms with E-state index >= 15 is 0 Å². The van der Waals surface area contributed by atoms with Gasteiger partial charge in [-0.15, -0.1) is 9.78 Å². The van der Waals surface area contributed by atoms with Crippen molar-refractivity contribution in [1.29, 1.82) is 0 Å². The molecule has 0 spiro atoms. The van der Waals surface area contributed by atoms with Gasteiger partial charge in [0.2, 0.25) is 0 Å². The first-order valence-electron chi connectivity index (χ1n) is 10.6. The molecule has 0 aliphatic rings. The van der Waals surface area contributed by atoms with Gasteiger partial charge in [-0.05, 0) is 53.7 Å². The van der Waals surface area contributed by atoms with Gasteiger partial charge < -0.3 is 14.6 Å². The van der Waals surface area contributed by atoms with Crippen molar-refractivity contribution in [3.05, 3.63) is 40.6 Å². The predicted octanol–water partition coefficient (Wildman–Crippen LogP) is 4.60. The molecule has 0 aliphatic carbocycles. The molecule has 3 aromatic rings. The number of rotatable bonds is 3. The highest BCUT2D eigenvalue weighted by Crippen LogP contribution is 2.30. The normalized spacial score (nSPS) is 11.7. The maximum absolute atomic E-state index is 13.0. The molecule has 0 saturated heterocycles. The molecular weight excluding hydrogens is 476 g/mol. The van der Waals surface area contributed by atoms with Crippen molar-refractivity contribution in [2.24, 2.45) is 0 Å². The summed E-state index contributed by atoms with van der Waals surface area (Å²) in [5, 5.41) is 24.5.